The molecule has 0 aromatic heterocycles. The van der Waals surface area contributed by atoms with Crippen LogP contribution in [0.2, 0.25) is 0 Å². The van der Waals surface area contributed by atoms with Gasteiger partial charge in [0.15, 0.2) is 0 Å². The molecule has 86 valence electrons. The van der Waals surface area contributed by atoms with E-state index in [4.69, 9.17) is 4.74 Å². The number of carbonyl (C=O) groups excluding carboxylic acids is 1. The number of ether oxygens (including phenoxy) is 1. The number of rotatable bonds is 3. The monoisotopic (exact) mass is 212 g/mol. The quantitative estimate of drug-likeness (QED) is 0.749. The molecule has 2 aliphatic rings. The van der Waals surface area contributed by atoms with Gasteiger partial charge in [0.25, 0.3) is 0 Å². The Balaban J connectivity index is 1.97. The molecule has 2 saturated heterocycles. The zero-order valence-electron chi connectivity index (χ0n) is 9.53. The number of hydrogen-bond acceptors (Lipinski definition) is 3. The minimum absolute atomic E-state index is 0.0443. The standard InChI is InChI=1S/C11H20N2O2/c1-3-4-9-11(14)13(7-12-9)10-5-6-15-8(10)2/h8-10,12H,3-7H2,1-2H3. The summed E-state index contributed by atoms with van der Waals surface area (Å²) in [5, 5.41) is 3.28. The van der Waals surface area contributed by atoms with Crippen LogP contribution in [0.5, 0.6) is 0 Å². The van der Waals surface area contributed by atoms with Crippen molar-refractivity contribution in [2.75, 3.05) is 13.3 Å². The predicted molar refractivity (Wildman–Crippen MR) is 57.4 cm³/mol. The fourth-order valence-electron chi connectivity index (χ4n) is 2.50. The molecule has 2 heterocycles. The Morgan fingerprint density at radius 2 is 2.40 bits per heavy atom. The maximum atomic E-state index is 12.0. The second kappa shape index (κ2) is 4.49. The molecule has 4 heteroatoms. The molecule has 0 aromatic carbocycles. The van der Waals surface area contributed by atoms with E-state index in [0.717, 1.165) is 25.9 Å². The number of carbonyl (C=O) groups is 1. The number of nitrogens with zero attached hydrogens (tertiary/aromatic N) is 1. The highest BCUT2D eigenvalue weighted by atomic mass is 16.5. The topological polar surface area (TPSA) is 41.6 Å². The van der Waals surface area contributed by atoms with Crippen molar-refractivity contribution in [1.82, 2.24) is 10.2 Å². The van der Waals surface area contributed by atoms with Gasteiger partial charge >= 0.3 is 0 Å². The molecule has 0 spiro atoms. The highest BCUT2D eigenvalue weighted by Crippen LogP contribution is 2.22. The fourth-order valence-corrected chi connectivity index (χ4v) is 2.50. The molecule has 0 bridgehead atoms. The lowest BCUT2D eigenvalue weighted by atomic mass is 10.1. The maximum Gasteiger partial charge on any atom is 0.241 e. The molecule has 0 saturated carbocycles. The molecule has 1 N–H and O–H groups in total. The summed E-state index contributed by atoms with van der Waals surface area (Å²) in [5.74, 6) is 0.263. The Kier molecular flexibility index (Phi) is 3.26. The first-order valence-electron chi connectivity index (χ1n) is 5.89. The summed E-state index contributed by atoms with van der Waals surface area (Å²) in [5.41, 5.74) is 0. The van der Waals surface area contributed by atoms with E-state index in [1.54, 1.807) is 0 Å². The molecule has 2 fully saturated rings. The third-order valence-corrected chi connectivity index (χ3v) is 3.40. The lowest BCUT2D eigenvalue weighted by Crippen LogP contribution is -2.42. The Hall–Kier alpha value is -0.610. The summed E-state index contributed by atoms with van der Waals surface area (Å²) < 4.78 is 5.50. The summed E-state index contributed by atoms with van der Waals surface area (Å²) >= 11 is 0. The molecule has 2 rings (SSSR count). The van der Waals surface area contributed by atoms with Crippen LogP contribution < -0.4 is 5.32 Å². The summed E-state index contributed by atoms with van der Waals surface area (Å²) in [6, 6.07) is 0.328. The van der Waals surface area contributed by atoms with Crippen molar-refractivity contribution in [2.45, 2.75) is 51.3 Å². The molecule has 4 nitrogen and oxygen atoms in total. The molecule has 0 radical (unpaired) electrons. The van der Waals surface area contributed by atoms with Crippen LogP contribution in [0, 0.1) is 0 Å². The van der Waals surface area contributed by atoms with E-state index in [0.29, 0.717) is 6.67 Å². The van der Waals surface area contributed by atoms with E-state index in [-0.39, 0.29) is 24.1 Å². The first kappa shape index (κ1) is 10.9. The van der Waals surface area contributed by atoms with Crippen molar-refractivity contribution in [3.05, 3.63) is 0 Å². The Bertz CT molecular complexity index is 245. The molecule has 3 unspecified atom stereocenters. The van der Waals surface area contributed by atoms with E-state index in [1.165, 1.54) is 0 Å². The molecule has 1 amide bonds. The van der Waals surface area contributed by atoms with E-state index in [9.17, 15) is 4.79 Å². The predicted octanol–water partition coefficient (Wildman–Crippen LogP) is 0.722. The Labute approximate surface area is 91.0 Å². The van der Waals surface area contributed by atoms with Gasteiger partial charge in [0.2, 0.25) is 5.91 Å². The molecule has 2 aliphatic heterocycles. The smallest absolute Gasteiger partial charge is 0.241 e. The van der Waals surface area contributed by atoms with E-state index in [1.807, 2.05) is 4.90 Å². The third kappa shape index (κ3) is 2.01. The van der Waals surface area contributed by atoms with Gasteiger partial charge in [-0.05, 0) is 19.8 Å². The van der Waals surface area contributed by atoms with Crippen LogP contribution in [0.4, 0.5) is 0 Å². The van der Waals surface area contributed by atoms with Crippen molar-refractivity contribution in [2.24, 2.45) is 0 Å². The van der Waals surface area contributed by atoms with Gasteiger partial charge in [0.05, 0.1) is 24.9 Å². The van der Waals surface area contributed by atoms with E-state index < -0.39 is 0 Å². The van der Waals surface area contributed by atoms with Crippen LogP contribution >= 0.6 is 0 Å². The summed E-state index contributed by atoms with van der Waals surface area (Å²) in [4.78, 5) is 14.0. The van der Waals surface area contributed by atoms with Crippen LogP contribution in [-0.4, -0.2) is 42.3 Å². The average molecular weight is 212 g/mol. The molecule has 3 atom stereocenters. The second-order valence-corrected chi connectivity index (χ2v) is 4.44. The van der Waals surface area contributed by atoms with Gasteiger partial charge in [0.1, 0.15) is 0 Å². The van der Waals surface area contributed by atoms with Crippen LogP contribution in [0.15, 0.2) is 0 Å². The van der Waals surface area contributed by atoms with E-state index >= 15 is 0 Å². The fraction of sp³-hybridized carbons (Fsp3) is 0.909. The highest BCUT2D eigenvalue weighted by molar-refractivity contribution is 5.84. The first-order chi connectivity index (χ1) is 7.24. The molecule has 0 aromatic rings. The zero-order chi connectivity index (χ0) is 10.8. The molecule has 0 aliphatic carbocycles. The van der Waals surface area contributed by atoms with Crippen LogP contribution in [0.3, 0.4) is 0 Å². The van der Waals surface area contributed by atoms with Gasteiger partial charge in [-0.2, -0.15) is 0 Å². The van der Waals surface area contributed by atoms with Crippen LogP contribution in [-0.2, 0) is 9.53 Å². The Morgan fingerprint density at radius 1 is 1.60 bits per heavy atom. The van der Waals surface area contributed by atoms with Crippen molar-refractivity contribution in [3.63, 3.8) is 0 Å². The number of hydrogen-bond donors (Lipinski definition) is 1. The first-order valence-corrected chi connectivity index (χ1v) is 5.89. The number of nitrogens with one attached hydrogen (secondary N) is 1. The Morgan fingerprint density at radius 3 is 3.00 bits per heavy atom. The van der Waals surface area contributed by atoms with Crippen LogP contribution in [0.25, 0.3) is 0 Å². The minimum atomic E-state index is 0.0443. The average Bonchev–Trinajstić information content (AvgIpc) is 2.76. The van der Waals surface area contributed by atoms with Gasteiger partial charge in [-0.1, -0.05) is 13.3 Å². The third-order valence-electron chi connectivity index (χ3n) is 3.40. The van der Waals surface area contributed by atoms with Crippen LogP contribution in [0.1, 0.15) is 33.1 Å². The summed E-state index contributed by atoms with van der Waals surface area (Å²) in [6.07, 6.45) is 3.16. The lowest BCUT2D eigenvalue weighted by molar-refractivity contribution is -0.131. The van der Waals surface area contributed by atoms with Gasteiger partial charge < -0.3 is 9.64 Å². The highest BCUT2D eigenvalue weighted by Gasteiger charge is 2.39. The lowest BCUT2D eigenvalue weighted by Gasteiger charge is -2.25. The second-order valence-electron chi connectivity index (χ2n) is 4.44. The molecular weight excluding hydrogens is 192 g/mol. The van der Waals surface area contributed by atoms with Gasteiger partial charge in [-0.15, -0.1) is 0 Å². The van der Waals surface area contributed by atoms with Gasteiger partial charge in [-0.3, -0.25) is 10.1 Å². The number of amides is 1. The van der Waals surface area contributed by atoms with Crippen molar-refractivity contribution in [1.29, 1.82) is 0 Å². The van der Waals surface area contributed by atoms with Gasteiger partial charge in [0, 0.05) is 6.61 Å². The van der Waals surface area contributed by atoms with Gasteiger partial charge in [-0.25, -0.2) is 0 Å². The summed E-state index contributed by atoms with van der Waals surface area (Å²) in [7, 11) is 0. The van der Waals surface area contributed by atoms with Crippen molar-refractivity contribution >= 4 is 5.91 Å². The van der Waals surface area contributed by atoms with E-state index in [2.05, 4.69) is 19.2 Å². The maximum absolute atomic E-state index is 12.0. The summed E-state index contributed by atoms with van der Waals surface area (Å²) in [6.45, 7) is 5.65. The largest absolute Gasteiger partial charge is 0.376 e. The molecular formula is C11H20N2O2. The SMILES string of the molecule is CCCC1NCN(C2CCOC2C)C1=O. The van der Waals surface area contributed by atoms with Crippen molar-refractivity contribution < 1.29 is 9.53 Å². The normalized spacial score (nSPS) is 36.5. The van der Waals surface area contributed by atoms with Crippen molar-refractivity contribution in [3.8, 4) is 0 Å². The molecule has 15 heavy (non-hydrogen) atoms. The minimum Gasteiger partial charge on any atom is -0.376 e. The zero-order valence-corrected chi connectivity index (χ0v) is 9.53.